The zero-order valence-electron chi connectivity index (χ0n) is 10.2. The van der Waals surface area contributed by atoms with Crippen LogP contribution in [0.3, 0.4) is 0 Å². The van der Waals surface area contributed by atoms with Crippen LogP contribution in [0, 0.1) is 0 Å². The highest BCUT2D eigenvalue weighted by molar-refractivity contribution is 14.1. The van der Waals surface area contributed by atoms with Gasteiger partial charge >= 0.3 is 0 Å². The Labute approximate surface area is 117 Å². The van der Waals surface area contributed by atoms with Crippen molar-refractivity contribution in [2.75, 3.05) is 17.6 Å². The SMILES string of the molecule is CC(CI)(OCC1CCCO1)c1ccccc1. The van der Waals surface area contributed by atoms with E-state index < -0.39 is 0 Å². The Morgan fingerprint density at radius 2 is 2.18 bits per heavy atom. The Morgan fingerprint density at radius 1 is 1.41 bits per heavy atom. The molecule has 0 aromatic heterocycles. The first kappa shape index (κ1) is 13.3. The van der Waals surface area contributed by atoms with Crippen LogP contribution in [-0.4, -0.2) is 23.7 Å². The number of hydrogen-bond donors (Lipinski definition) is 0. The second-order valence-electron chi connectivity index (χ2n) is 4.68. The number of alkyl halides is 1. The van der Waals surface area contributed by atoms with E-state index in [1.54, 1.807) is 0 Å². The molecule has 1 aromatic rings. The highest BCUT2D eigenvalue weighted by Crippen LogP contribution is 2.28. The number of rotatable bonds is 5. The van der Waals surface area contributed by atoms with Crippen molar-refractivity contribution < 1.29 is 9.47 Å². The molecule has 2 unspecified atom stereocenters. The van der Waals surface area contributed by atoms with Gasteiger partial charge in [0.1, 0.15) is 0 Å². The summed E-state index contributed by atoms with van der Waals surface area (Å²) in [5, 5.41) is 0. The highest BCUT2D eigenvalue weighted by Gasteiger charge is 2.28. The van der Waals surface area contributed by atoms with Crippen LogP contribution in [0.1, 0.15) is 25.3 Å². The predicted molar refractivity (Wildman–Crippen MR) is 77.6 cm³/mol. The summed E-state index contributed by atoms with van der Waals surface area (Å²) >= 11 is 2.39. The molecular weight excluding hydrogens is 327 g/mol. The van der Waals surface area contributed by atoms with Gasteiger partial charge in [0.25, 0.3) is 0 Å². The first-order valence-electron chi connectivity index (χ1n) is 6.12. The third kappa shape index (κ3) is 3.42. The zero-order valence-corrected chi connectivity index (χ0v) is 12.4. The van der Waals surface area contributed by atoms with Gasteiger partial charge in [-0.05, 0) is 25.3 Å². The monoisotopic (exact) mass is 346 g/mol. The summed E-state index contributed by atoms with van der Waals surface area (Å²) in [6, 6.07) is 10.4. The molecule has 2 atom stereocenters. The average molecular weight is 346 g/mol. The maximum Gasteiger partial charge on any atom is 0.0993 e. The summed E-state index contributed by atoms with van der Waals surface area (Å²) in [6.45, 7) is 3.75. The molecule has 1 heterocycles. The zero-order chi connectivity index (χ0) is 12.1. The van der Waals surface area contributed by atoms with E-state index in [9.17, 15) is 0 Å². The van der Waals surface area contributed by atoms with Crippen LogP contribution in [0.4, 0.5) is 0 Å². The second-order valence-corrected chi connectivity index (χ2v) is 5.44. The molecule has 3 heteroatoms. The molecule has 17 heavy (non-hydrogen) atoms. The second kappa shape index (κ2) is 6.16. The van der Waals surface area contributed by atoms with Crippen molar-refractivity contribution >= 4 is 22.6 Å². The van der Waals surface area contributed by atoms with Gasteiger partial charge in [0.15, 0.2) is 0 Å². The molecular formula is C14H19IO2. The number of halogens is 1. The van der Waals surface area contributed by atoms with Crippen LogP contribution in [0.15, 0.2) is 30.3 Å². The largest absolute Gasteiger partial charge is 0.376 e. The van der Waals surface area contributed by atoms with Gasteiger partial charge in [-0.1, -0.05) is 52.9 Å². The van der Waals surface area contributed by atoms with E-state index in [1.807, 2.05) is 6.07 Å². The summed E-state index contributed by atoms with van der Waals surface area (Å²) in [5.41, 5.74) is 1.04. The molecule has 2 nitrogen and oxygen atoms in total. The molecule has 1 fully saturated rings. The third-order valence-corrected chi connectivity index (χ3v) is 4.71. The van der Waals surface area contributed by atoms with Gasteiger partial charge < -0.3 is 9.47 Å². The molecule has 1 saturated heterocycles. The van der Waals surface area contributed by atoms with Gasteiger partial charge in [0, 0.05) is 11.0 Å². The number of benzene rings is 1. The number of hydrogen-bond acceptors (Lipinski definition) is 2. The maximum absolute atomic E-state index is 6.12. The lowest BCUT2D eigenvalue weighted by atomic mass is 9.98. The molecule has 2 rings (SSSR count). The quantitative estimate of drug-likeness (QED) is 0.600. The van der Waals surface area contributed by atoms with Crippen molar-refractivity contribution in [2.45, 2.75) is 31.5 Å². The van der Waals surface area contributed by atoms with E-state index in [2.05, 4.69) is 53.8 Å². The first-order chi connectivity index (χ1) is 8.24. The molecule has 1 aliphatic heterocycles. The van der Waals surface area contributed by atoms with Crippen molar-refractivity contribution in [3.05, 3.63) is 35.9 Å². The van der Waals surface area contributed by atoms with Crippen molar-refractivity contribution in [1.29, 1.82) is 0 Å². The molecule has 0 spiro atoms. The Hall–Kier alpha value is -0.130. The van der Waals surface area contributed by atoms with Gasteiger partial charge in [0.2, 0.25) is 0 Å². The van der Waals surface area contributed by atoms with Crippen LogP contribution in [0.2, 0.25) is 0 Å². The molecule has 0 amide bonds. The first-order valence-corrected chi connectivity index (χ1v) is 7.64. The molecule has 1 aromatic carbocycles. The van der Waals surface area contributed by atoms with Crippen molar-refractivity contribution in [2.24, 2.45) is 0 Å². The van der Waals surface area contributed by atoms with E-state index in [1.165, 1.54) is 12.0 Å². The minimum atomic E-state index is -0.201. The topological polar surface area (TPSA) is 18.5 Å². The van der Waals surface area contributed by atoms with E-state index in [0.29, 0.717) is 12.7 Å². The maximum atomic E-state index is 6.12. The highest BCUT2D eigenvalue weighted by atomic mass is 127. The van der Waals surface area contributed by atoms with Crippen LogP contribution in [0.25, 0.3) is 0 Å². The molecule has 0 N–H and O–H groups in total. The fourth-order valence-electron chi connectivity index (χ4n) is 2.04. The molecule has 0 radical (unpaired) electrons. The van der Waals surface area contributed by atoms with Gasteiger partial charge in [-0.15, -0.1) is 0 Å². The summed E-state index contributed by atoms with van der Waals surface area (Å²) in [4.78, 5) is 0. The van der Waals surface area contributed by atoms with Gasteiger partial charge in [-0.2, -0.15) is 0 Å². The molecule has 0 bridgehead atoms. The van der Waals surface area contributed by atoms with E-state index in [4.69, 9.17) is 9.47 Å². The van der Waals surface area contributed by atoms with Crippen molar-refractivity contribution in [1.82, 2.24) is 0 Å². The third-order valence-electron chi connectivity index (χ3n) is 3.25. The van der Waals surface area contributed by atoms with Crippen LogP contribution < -0.4 is 0 Å². The molecule has 1 aliphatic rings. The van der Waals surface area contributed by atoms with Gasteiger partial charge in [-0.25, -0.2) is 0 Å². The van der Waals surface area contributed by atoms with Crippen molar-refractivity contribution in [3.8, 4) is 0 Å². The summed E-state index contributed by atoms with van der Waals surface area (Å²) in [7, 11) is 0. The standard InChI is InChI=1S/C14H19IO2/c1-14(11-15,12-6-3-2-4-7-12)17-10-13-8-5-9-16-13/h2-4,6-7,13H,5,8-11H2,1H3. The van der Waals surface area contributed by atoms with Gasteiger partial charge in [-0.3, -0.25) is 0 Å². The molecule has 0 aliphatic carbocycles. The Bertz CT molecular complexity index is 335. The lowest BCUT2D eigenvalue weighted by Gasteiger charge is -2.29. The normalized spacial score (nSPS) is 23.5. The van der Waals surface area contributed by atoms with Gasteiger partial charge in [0.05, 0.1) is 18.3 Å². The average Bonchev–Trinajstić information content (AvgIpc) is 2.90. The predicted octanol–water partition coefficient (Wildman–Crippen LogP) is 3.53. The fraction of sp³-hybridized carbons (Fsp3) is 0.571. The smallest absolute Gasteiger partial charge is 0.0993 e. The van der Waals surface area contributed by atoms with E-state index >= 15 is 0 Å². The minimum Gasteiger partial charge on any atom is -0.376 e. The number of ether oxygens (including phenoxy) is 2. The molecule has 94 valence electrons. The van der Waals surface area contributed by atoms with Crippen molar-refractivity contribution in [3.63, 3.8) is 0 Å². The lowest BCUT2D eigenvalue weighted by molar-refractivity contribution is -0.0643. The van der Waals surface area contributed by atoms with Crippen LogP contribution in [-0.2, 0) is 15.1 Å². The fourth-order valence-corrected chi connectivity index (χ4v) is 2.70. The Balaban J connectivity index is 1.98. The van der Waals surface area contributed by atoms with E-state index in [0.717, 1.165) is 17.5 Å². The minimum absolute atomic E-state index is 0.201. The summed E-state index contributed by atoms with van der Waals surface area (Å²) in [5.74, 6) is 0. The molecule has 0 saturated carbocycles. The van der Waals surface area contributed by atoms with Crippen LogP contribution >= 0.6 is 22.6 Å². The Kier molecular flexibility index (Phi) is 4.82. The lowest BCUT2D eigenvalue weighted by Crippen LogP contribution is -2.31. The van der Waals surface area contributed by atoms with E-state index in [-0.39, 0.29) is 5.60 Å². The summed E-state index contributed by atoms with van der Waals surface area (Å²) < 4.78 is 12.7. The Morgan fingerprint density at radius 3 is 2.76 bits per heavy atom. The summed E-state index contributed by atoms with van der Waals surface area (Å²) in [6.07, 6.45) is 2.59. The van der Waals surface area contributed by atoms with Crippen LogP contribution in [0.5, 0.6) is 0 Å².